The summed E-state index contributed by atoms with van der Waals surface area (Å²) in [5.41, 5.74) is 0.480. The fraction of sp³-hybridized carbons (Fsp3) is 0.714. The quantitative estimate of drug-likeness (QED) is 0.680. The molecule has 0 radical (unpaired) electrons. The lowest BCUT2D eigenvalue weighted by atomic mass is 9.85. The van der Waals surface area contributed by atoms with Crippen LogP contribution in [0.2, 0.25) is 0 Å². The van der Waals surface area contributed by atoms with Crippen molar-refractivity contribution in [3.8, 4) is 0 Å². The van der Waals surface area contributed by atoms with Crippen molar-refractivity contribution < 1.29 is 4.92 Å². The van der Waals surface area contributed by atoms with Gasteiger partial charge in [-0.2, -0.15) is 4.98 Å². The Kier molecular flexibility index (Phi) is 3.65. The number of aryl methyl sites for hydroxylation is 1. The lowest BCUT2D eigenvalue weighted by Crippen LogP contribution is -2.36. The largest absolute Gasteiger partial charge is 0.357 e. The summed E-state index contributed by atoms with van der Waals surface area (Å²) in [6.45, 7) is 2.54. The molecule has 114 valence electrons. The number of rotatable bonds is 3. The van der Waals surface area contributed by atoms with Crippen LogP contribution in [0.15, 0.2) is 0 Å². The second-order valence-electron chi connectivity index (χ2n) is 5.91. The first-order valence-electron chi connectivity index (χ1n) is 7.59. The molecule has 1 saturated heterocycles. The maximum atomic E-state index is 11.4. The summed E-state index contributed by atoms with van der Waals surface area (Å²) in [4.78, 5) is 21.8. The van der Waals surface area contributed by atoms with E-state index in [0.29, 0.717) is 29.4 Å². The van der Waals surface area contributed by atoms with Crippen LogP contribution in [0.5, 0.6) is 0 Å². The summed E-state index contributed by atoms with van der Waals surface area (Å²) in [6, 6.07) is 0.399. The second-order valence-corrected chi connectivity index (χ2v) is 5.91. The SMILES string of the molecule is CNc1nc(C)c([N+](=O)[O-])c(N2CCC3CCCCC32)n1. The molecule has 0 bridgehead atoms. The lowest BCUT2D eigenvalue weighted by molar-refractivity contribution is -0.385. The second kappa shape index (κ2) is 5.46. The highest BCUT2D eigenvalue weighted by atomic mass is 16.6. The van der Waals surface area contributed by atoms with Gasteiger partial charge in [-0.1, -0.05) is 12.8 Å². The molecule has 1 N–H and O–H groups in total. The molecule has 21 heavy (non-hydrogen) atoms. The van der Waals surface area contributed by atoms with E-state index in [1.54, 1.807) is 14.0 Å². The molecule has 2 atom stereocenters. The predicted molar refractivity (Wildman–Crippen MR) is 80.7 cm³/mol. The Labute approximate surface area is 123 Å². The van der Waals surface area contributed by atoms with Gasteiger partial charge in [-0.15, -0.1) is 0 Å². The molecule has 0 spiro atoms. The van der Waals surface area contributed by atoms with E-state index >= 15 is 0 Å². The molecule has 2 aliphatic rings. The minimum Gasteiger partial charge on any atom is -0.357 e. The number of nitro groups is 1. The first kappa shape index (κ1) is 14.0. The van der Waals surface area contributed by atoms with Gasteiger partial charge in [0.2, 0.25) is 11.8 Å². The molecule has 2 fully saturated rings. The van der Waals surface area contributed by atoms with E-state index in [4.69, 9.17) is 0 Å². The Balaban J connectivity index is 2.04. The van der Waals surface area contributed by atoms with Gasteiger partial charge < -0.3 is 10.2 Å². The normalized spacial score (nSPS) is 24.8. The van der Waals surface area contributed by atoms with Crippen molar-refractivity contribution in [1.29, 1.82) is 0 Å². The number of anilines is 2. The smallest absolute Gasteiger partial charge is 0.332 e. The highest BCUT2D eigenvalue weighted by Gasteiger charge is 2.40. The van der Waals surface area contributed by atoms with Crippen LogP contribution < -0.4 is 10.2 Å². The first-order chi connectivity index (χ1) is 10.1. The molecule has 1 aromatic rings. The monoisotopic (exact) mass is 291 g/mol. The number of aromatic nitrogens is 2. The van der Waals surface area contributed by atoms with E-state index in [-0.39, 0.29) is 10.6 Å². The van der Waals surface area contributed by atoms with Crippen molar-refractivity contribution in [3.63, 3.8) is 0 Å². The summed E-state index contributed by atoms with van der Waals surface area (Å²) >= 11 is 0. The third-order valence-electron chi connectivity index (χ3n) is 4.73. The predicted octanol–water partition coefficient (Wildman–Crippen LogP) is 2.50. The summed E-state index contributed by atoms with van der Waals surface area (Å²) in [6.07, 6.45) is 5.94. The average Bonchev–Trinajstić information content (AvgIpc) is 2.89. The molecule has 1 aromatic heterocycles. The van der Waals surface area contributed by atoms with Crippen molar-refractivity contribution in [1.82, 2.24) is 9.97 Å². The highest BCUT2D eigenvalue weighted by molar-refractivity contribution is 5.63. The van der Waals surface area contributed by atoms with E-state index in [1.165, 1.54) is 19.3 Å². The van der Waals surface area contributed by atoms with E-state index in [2.05, 4.69) is 20.2 Å². The van der Waals surface area contributed by atoms with Crippen molar-refractivity contribution in [3.05, 3.63) is 15.8 Å². The maximum absolute atomic E-state index is 11.4. The zero-order valence-corrected chi connectivity index (χ0v) is 12.5. The van der Waals surface area contributed by atoms with E-state index < -0.39 is 0 Å². The van der Waals surface area contributed by atoms with Gasteiger partial charge >= 0.3 is 5.69 Å². The Bertz CT molecular complexity index is 563. The summed E-state index contributed by atoms with van der Waals surface area (Å²) in [7, 11) is 1.73. The van der Waals surface area contributed by atoms with Gasteiger partial charge in [0, 0.05) is 19.6 Å². The van der Waals surface area contributed by atoms with Crippen molar-refractivity contribution in [2.75, 3.05) is 23.8 Å². The van der Waals surface area contributed by atoms with E-state index in [0.717, 1.165) is 19.4 Å². The molecule has 0 amide bonds. The van der Waals surface area contributed by atoms with E-state index in [9.17, 15) is 10.1 Å². The molecule has 1 aliphatic carbocycles. The third kappa shape index (κ3) is 2.41. The molecular formula is C14H21N5O2. The van der Waals surface area contributed by atoms with Gasteiger partial charge in [-0.05, 0) is 32.1 Å². The molecule has 1 saturated carbocycles. The lowest BCUT2D eigenvalue weighted by Gasteiger charge is -2.32. The van der Waals surface area contributed by atoms with E-state index in [1.807, 2.05) is 0 Å². The van der Waals surface area contributed by atoms with Gasteiger partial charge in [0.25, 0.3) is 0 Å². The van der Waals surface area contributed by atoms with Crippen LogP contribution in [-0.4, -0.2) is 34.5 Å². The molecular weight excluding hydrogens is 270 g/mol. The van der Waals surface area contributed by atoms with Crippen molar-refractivity contribution in [2.45, 2.75) is 45.1 Å². The third-order valence-corrected chi connectivity index (χ3v) is 4.73. The van der Waals surface area contributed by atoms with Gasteiger partial charge in [-0.25, -0.2) is 4.98 Å². The summed E-state index contributed by atoms with van der Waals surface area (Å²) < 4.78 is 0. The number of nitrogens with one attached hydrogen (secondary N) is 1. The minimum absolute atomic E-state index is 0.0558. The Morgan fingerprint density at radius 1 is 1.29 bits per heavy atom. The highest BCUT2D eigenvalue weighted by Crippen LogP contribution is 2.41. The topological polar surface area (TPSA) is 84.2 Å². The van der Waals surface area contributed by atoms with Gasteiger partial charge in [0.05, 0.1) is 4.92 Å². The average molecular weight is 291 g/mol. The van der Waals surface area contributed by atoms with Crippen LogP contribution in [0.25, 0.3) is 0 Å². The van der Waals surface area contributed by atoms with Crippen LogP contribution in [0.3, 0.4) is 0 Å². The molecule has 7 heteroatoms. The zero-order chi connectivity index (χ0) is 15.0. The van der Waals surface area contributed by atoms with Crippen LogP contribution in [-0.2, 0) is 0 Å². The Morgan fingerprint density at radius 3 is 2.76 bits per heavy atom. The molecule has 1 aliphatic heterocycles. The van der Waals surface area contributed by atoms with Gasteiger partial charge in [0.15, 0.2) is 0 Å². The zero-order valence-electron chi connectivity index (χ0n) is 12.5. The number of hydrogen-bond acceptors (Lipinski definition) is 6. The molecule has 2 heterocycles. The van der Waals surface area contributed by atoms with Crippen LogP contribution in [0, 0.1) is 23.0 Å². The fourth-order valence-electron chi connectivity index (χ4n) is 3.75. The molecule has 0 aromatic carbocycles. The molecule has 3 rings (SSSR count). The van der Waals surface area contributed by atoms with Crippen molar-refractivity contribution in [2.24, 2.45) is 5.92 Å². The molecule has 2 unspecified atom stereocenters. The van der Waals surface area contributed by atoms with Crippen LogP contribution in [0.1, 0.15) is 37.8 Å². The van der Waals surface area contributed by atoms with Crippen LogP contribution in [0.4, 0.5) is 17.5 Å². The standard InChI is InChI=1S/C14H21N5O2/c1-9-12(19(20)21)13(17-14(15-2)16-9)18-8-7-10-5-3-4-6-11(10)18/h10-11H,3-8H2,1-2H3,(H,15,16,17). The number of fused-ring (bicyclic) bond motifs is 1. The fourth-order valence-corrected chi connectivity index (χ4v) is 3.75. The number of hydrogen-bond donors (Lipinski definition) is 1. The van der Waals surface area contributed by atoms with Crippen molar-refractivity contribution >= 4 is 17.5 Å². The summed E-state index contributed by atoms with van der Waals surface area (Å²) in [5, 5.41) is 14.3. The Morgan fingerprint density at radius 2 is 2.05 bits per heavy atom. The molecule has 7 nitrogen and oxygen atoms in total. The van der Waals surface area contributed by atoms with Gasteiger partial charge in [0.1, 0.15) is 5.69 Å². The van der Waals surface area contributed by atoms with Crippen LogP contribution >= 0.6 is 0 Å². The number of nitrogens with zero attached hydrogens (tertiary/aromatic N) is 4. The van der Waals surface area contributed by atoms with Gasteiger partial charge in [-0.3, -0.25) is 10.1 Å². The minimum atomic E-state index is -0.347. The first-order valence-corrected chi connectivity index (χ1v) is 7.59. The summed E-state index contributed by atoms with van der Waals surface area (Å²) in [5.74, 6) is 1.60. The maximum Gasteiger partial charge on any atom is 0.332 e. The Hall–Kier alpha value is -1.92.